The fourth-order valence-electron chi connectivity index (χ4n) is 0.748. The van der Waals surface area contributed by atoms with Crippen LogP contribution in [0.4, 0.5) is 0 Å². The second kappa shape index (κ2) is 3.11. The van der Waals surface area contributed by atoms with Crippen LogP contribution in [0.25, 0.3) is 0 Å². The van der Waals surface area contributed by atoms with Gasteiger partial charge in [0, 0.05) is 6.42 Å². The summed E-state index contributed by atoms with van der Waals surface area (Å²) in [4.78, 5) is 21.4. The van der Waals surface area contributed by atoms with Crippen molar-refractivity contribution in [3.8, 4) is 0 Å². The highest BCUT2D eigenvalue weighted by Gasteiger charge is 2.08. The maximum absolute atomic E-state index is 10.7. The van der Waals surface area contributed by atoms with Crippen LogP contribution in [0.2, 0.25) is 0 Å². The topological polar surface area (TPSA) is 34.1 Å². The molecule has 0 aromatic heterocycles. The minimum Gasteiger partial charge on any atom is -0.291 e. The van der Waals surface area contributed by atoms with Crippen LogP contribution in [-0.4, -0.2) is 11.6 Å². The van der Waals surface area contributed by atoms with Gasteiger partial charge in [0.25, 0.3) is 0 Å². The molecular weight excluding hydrogens is 128 g/mol. The van der Waals surface area contributed by atoms with Gasteiger partial charge in [-0.15, -0.1) is 0 Å². The van der Waals surface area contributed by atoms with Gasteiger partial charge < -0.3 is 0 Å². The van der Waals surface area contributed by atoms with E-state index in [2.05, 4.69) is 0 Å². The Morgan fingerprint density at radius 3 is 2.80 bits per heavy atom. The molecule has 0 saturated carbocycles. The summed E-state index contributed by atoms with van der Waals surface area (Å²) in [6.45, 7) is 0. The van der Waals surface area contributed by atoms with E-state index >= 15 is 0 Å². The van der Waals surface area contributed by atoms with Gasteiger partial charge in [-0.2, -0.15) is 0 Å². The molecule has 2 heteroatoms. The highest BCUT2D eigenvalue weighted by Crippen LogP contribution is 1.98. The summed E-state index contributed by atoms with van der Waals surface area (Å²) in [6.07, 6.45) is 7.58. The summed E-state index contributed by atoms with van der Waals surface area (Å²) in [5.41, 5.74) is 0. The van der Waals surface area contributed by atoms with Crippen LogP contribution in [0.1, 0.15) is 12.8 Å². The zero-order valence-corrected chi connectivity index (χ0v) is 5.54. The molecule has 2 nitrogen and oxygen atoms in total. The van der Waals surface area contributed by atoms with Gasteiger partial charge in [0.15, 0.2) is 0 Å². The quantitative estimate of drug-likeness (QED) is 0.466. The lowest BCUT2D eigenvalue weighted by atomic mass is 10.1. The first-order chi connectivity index (χ1) is 4.80. The van der Waals surface area contributed by atoms with Gasteiger partial charge in [0.05, 0.1) is 0 Å². The van der Waals surface area contributed by atoms with Gasteiger partial charge in [-0.3, -0.25) is 9.59 Å². The molecule has 0 aliphatic heterocycles. The molecule has 0 saturated heterocycles. The van der Waals surface area contributed by atoms with Crippen molar-refractivity contribution in [2.24, 2.45) is 0 Å². The van der Waals surface area contributed by atoms with Crippen molar-refractivity contribution >= 4 is 11.6 Å². The van der Waals surface area contributed by atoms with Gasteiger partial charge in [0.2, 0.25) is 11.6 Å². The number of hydrogen-bond acceptors (Lipinski definition) is 2. The molecule has 0 radical (unpaired) electrons. The van der Waals surface area contributed by atoms with E-state index in [0.717, 1.165) is 0 Å². The van der Waals surface area contributed by atoms with Crippen LogP contribution in [0, 0.1) is 0 Å². The van der Waals surface area contributed by atoms with Crippen molar-refractivity contribution < 1.29 is 9.59 Å². The maximum Gasteiger partial charge on any atom is 0.221 e. The van der Waals surface area contributed by atoms with Crippen molar-refractivity contribution in [2.75, 3.05) is 0 Å². The molecule has 0 N–H and O–H groups in total. The van der Waals surface area contributed by atoms with Crippen LogP contribution in [0.15, 0.2) is 24.3 Å². The molecule has 0 unspecified atom stereocenters. The van der Waals surface area contributed by atoms with Crippen LogP contribution in [0.3, 0.4) is 0 Å². The minimum absolute atomic E-state index is 0.291. The van der Waals surface area contributed by atoms with Crippen LogP contribution in [0.5, 0.6) is 0 Å². The summed E-state index contributed by atoms with van der Waals surface area (Å²) >= 11 is 0. The summed E-state index contributed by atoms with van der Waals surface area (Å²) < 4.78 is 0. The number of Topliss-reactive ketones (excluding diaryl/α,β-unsaturated/α-hetero) is 1. The zero-order valence-electron chi connectivity index (χ0n) is 5.54. The molecule has 0 amide bonds. The number of hydrogen-bond donors (Lipinski definition) is 0. The zero-order chi connectivity index (χ0) is 7.40. The van der Waals surface area contributed by atoms with Crippen LogP contribution >= 0.6 is 0 Å². The summed E-state index contributed by atoms with van der Waals surface area (Å²) in [5, 5.41) is 0. The Hall–Kier alpha value is -1.18. The Balaban J connectivity index is 2.73. The highest BCUT2D eigenvalue weighted by atomic mass is 16.2. The maximum atomic E-state index is 10.7. The number of carbonyl (C=O) groups is 2. The summed E-state index contributed by atoms with van der Waals surface area (Å²) in [6, 6.07) is 0. The molecule has 0 heterocycles. The van der Waals surface area contributed by atoms with E-state index in [1.54, 1.807) is 12.2 Å². The van der Waals surface area contributed by atoms with E-state index in [0.29, 0.717) is 12.8 Å². The third-order valence-electron chi connectivity index (χ3n) is 1.31. The third-order valence-corrected chi connectivity index (χ3v) is 1.31. The molecular formula is C8H8O2. The fraction of sp³-hybridized carbons (Fsp3) is 0.250. The molecule has 0 atom stereocenters. The van der Waals surface area contributed by atoms with E-state index in [1.807, 2.05) is 6.08 Å². The summed E-state index contributed by atoms with van der Waals surface area (Å²) in [5.74, 6) is -0.676. The predicted molar refractivity (Wildman–Crippen MR) is 37.5 cm³/mol. The minimum atomic E-state index is -0.385. The molecule has 1 aliphatic rings. The number of carbonyl (C=O) groups excluding carboxylic acids is 2. The Kier molecular flexibility index (Phi) is 2.15. The molecule has 52 valence electrons. The van der Waals surface area contributed by atoms with Crippen LogP contribution in [-0.2, 0) is 9.59 Å². The normalized spacial score (nSPS) is 25.2. The smallest absolute Gasteiger partial charge is 0.221 e. The van der Waals surface area contributed by atoms with E-state index < -0.39 is 0 Å². The fourth-order valence-corrected chi connectivity index (χ4v) is 0.748. The van der Waals surface area contributed by atoms with Gasteiger partial charge in [-0.05, 0) is 12.5 Å². The Morgan fingerprint density at radius 2 is 2.00 bits per heavy atom. The van der Waals surface area contributed by atoms with Gasteiger partial charge >= 0.3 is 0 Å². The Morgan fingerprint density at radius 1 is 1.20 bits per heavy atom. The van der Waals surface area contributed by atoms with Crippen molar-refractivity contribution in [3.05, 3.63) is 24.3 Å². The van der Waals surface area contributed by atoms with E-state index in [-0.39, 0.29) is 11.6 Å². The molecule has 0 aromatic rings. The second-order valence-corrected chi connectivity index (χ2v) is 2.11. The molecule has 0 spiro atoms. The Labute approximate surface area is 59.2 Å². The first kappa shape index (κ1) is 6.93. The third kappa shape index (κ3) is 1.65. The standard InChI is InChI=1S/C8H8O2/c9-7-5-3-1-2-4-6-8(7)10/h1-3,5H,4,6H2/b2-1-,5-3-. The van der Waals surface area contributed by atoms with Crippen LogP contribution < -0.4 is 0 Å². The predicted octanol–water partition coefficient (Wildman–Crippen LogP) is 1.03. The first-order valence-corrected chi connectivity index (χ1v) is 3.21. The lowest BCUT2D eigenvalue weighted by Gasteiger charge is -1.93. The Bertz CT molecular complexity index is 211. The van der Waals surface area contributed by atoms with Crippen molar-refractivity contribution in [2.45, 2.75) is 12.8 Å². The summed E-state index contributed by atoms with van der Waals surface area (Å²) in [7, 11) is 0. The van der Waals surface area contributed by atoms with Gasteiger partial charge in [-0.25, -0.2) is 0 Å². The van der Waals surface area contributed by atoms with E-state index in [9.17, 15) is 9.59 Å². The largest absolute Gasteiger partial charge is 0.291 e. The SMILES string of the molecule is O=C1/C=C\C=C/CCC1=O. The lowest BCUT2D eigenvalue weighted by Crippen LogP contribution is -2.10. The highest BCUT2D eigenvalue weighted by molar-refractivity contribution is 6.41. The monoisotopic (exact) mass is 136 g/mol. The van der Waals surface area contributed by atoms with E-state index in [1.165, 1.54) is 6.08 Å². The molecule has 0 bridgehead atoms. The first-order valence-electron chi connectivity index (χ1n) is 3.21. The number of rotatable bonds is 0. The second-order valence-electron chi connectivity index (χ2n) is 2.11. The van der Waals surface area contributed by atoms with Gasteiger partial charge in [-0.1, -0.05) is 18.2 Å². The molecule has 0 fully saturated rings. The van der Waals surface area contributed by atoms with Crippen molar-refractivity contribution in [3.63, 3.8) is 0 Å². The van der Waals surface area contributed by atoms with Gasteiger partial charge in [0.1, 0.15) is 0 Å². The molecule has 1 rings (SSSR count). The average Bonchev–Trinajstić information content (AvgIpc) is 1.92. The van der Waals surface area contributed by atoms with Crippen molar-refractivity contribution in [1.82, 2.24) is 0 Å². The molecule has 0 aromatic carbocycles. The lowest BCUT2D eigenvalue weighted by molar-refractivity contribution is -0.133. The van der Waals surface area contributed by atoms with E-state index in [4.69, 9.17) is 0 Å². The average molecular weight is 136 g/mol. The number of allylic oxidation sites excluding steroid dienone is 4. The molecule has 1 aliphatic carbocycles. The molecule has 10 heavy (non-hydrogen) atoms. The van der Waals surface area contributed by atoms with Crippen molar-refractivity contribution in [1.29, 1.82) is 0 Å². The number of ketones is 2.